The van der Waals surface area contributed by atoms with Crippen molar-refractivity contribution < 1.29 is 4.12 Å². The third-order valence-corrected chi connectivity index (χ3v) is 5.93. The predicted octanol–water partition coefficient (Wildman–Crippen LogP) is 2.33. The molecule has 0 unspecified atom stereocenters. The van der Waals surface area contributed by atoms with Gasteiger partial charge in [0, 0.05) is 0 Å². The van der Waals surface area contributed by atoms with E-state index < -0.39 is 0 Å². The fourth-order valence-corrected chi connectivity index (χ4v) is 4.42. The van der Waals surface area contributed by atoms with Crippen LogP contribution in [-0.2, 0) is 10.5 Å². The van der Waals surface area contributed by atoms with Crippen LogP contribution in [0.3, 0.4) is 0 Å². The Bertz CT molecular complexity index is 655. The molecule has 0 spiro atoms. The zero-order chi connectivity index (χ0) is 13.1. The van der Waals surface area contributed by atoms with Crippen LogP contribution in [0.2, 0.25) is 6.04 Å². The Labute approximate surface area is 119 Å². The topological polar surface area (TPSA) is 9.23 Å². The van der Waals surface area contributed by atoms with Crippen molar-refractivity contribution >= 4 is 41.8 Å². The highest BCUT2D eigenvalue weighted by atomic mass is 28.3. The van der Waals surface area contributed by atoms with Crippen LogP contribution in [0.15, 0.2) is 54.6 Å². The molecule has 0 N–H and O–H groups in total. The lowest BCUT2D eigenvalue weighted by atomic mass is 9.95. The standard InChI is InChI=1S/C16H18OSi2/c18-17-19-10-9-16-14-7-3-1-5-12(14)11-13-6-2-4-8-15(13)16/h1-8,11H,9-10,19H2,18H3. The van der Waals surface area contributed by atoms with E-state index in [1.807, 2.05) is 0 Å². The second-order valence-corrected chi connectivity index (χ2v) is 8.32. The number of rotatable bonds is 4. The van der Waals surface area contributed by atoms with Gasteiger partial charge in [0.05, 0.1) is 0 Å². The van der Waals surface area contributed by atoms with E-state index in [0.29, 0.717) is 0 Å². The van der Waals surface area contributed by atoms with E-state index in [1.165, 1.54) is 33.2 Å². The molecule has 0 amide bonds. The van der Waals surface area contributed by atoms with E-state index in [9.17, 15) is 0 Å². The molecule has 0 atom stereocenters. The van der Waals surface area contributed by atoms with Gasteiger partial charge in [-0.2, -0.15) is 0 Å². The first-order valence-electron chi connectivity index (χ1n) is 6.78. The van der Waals surface area contributed by atoms with Gasteiger partial charge in [0.15, 0.2) is 0 Å². The lowest BCUT2D eigenvalue weighted by Gasteiger charge is -2.11. The molecule has 96 valence electrons. The molecule has 1 nitrogen and oxygen atoms in total. The molecule has 0 heterocycles. The van der Waals surface area contributed by atoms with Crippen molar-refractivity contribution in [2.75, 3.05) is 0 Å². The molecule has 0 fully saturated rings. The van der Waals surface area contributed by atoms with Crippen molar-refractivity contribution in [3.05, 3.63) is 60.2 Å². The molecular formula is C16H18OSi2. The molecule has 3 rings (SSSR count). The summed E-state index contributed by atoms with van der Waals surface area (Å²) in [5.74, 6) is 0. The second-order valence-electron chi connectivity index (χ2n) is 4.89. The fourth-order valence-electron chi connectivity index (χ4n) is 2.77. The van der Waals surface area contributed by atoms with Crippen LogP contribution in [0.5, 0.6) is 0 Å². The average Bonchev–Trinajstić information content (AvgIpc) is 2.46. The highest BCUT2D eigenvalue weighted by Crippen LogP contribution is 2.29. The van der Waals surface area contributed by atoms with Gasteiger partial charge >= 0.3 is 0 Å². The highest BCUT2D eigenvalue weighted by molar-refractivity contribution is 6.34. The molecule has 0 aromatic heterocycles. The average molecular weight is 282 g/mol. The molecule has 0 aliphatic carbocycles. The maximum absolute atomic E-state index is 5.47. The SMILES string of the molecule is [SiH3]O[SiH2]CCc1c2ccccc2cc2ccccc12. The van der Waals surface area contributed by atoms with Gasteiger partial charge in [-0.3, -0.25) is 0 Å². The first-order chi connectivity index (χ1) is 9.40. The van der Waals surface area contributed by atoms with E-state index in [-0.39, 0.29) is 9.76 Å². The van der Waals surface area contributed by atoms with Crippen molar-refractivity contribution in [2.24, 2.45) is 0 Å². The Morgan fingerprint density at radius 1 is 0.895 bits per heavy atom. The summed E-state index contributed by atoms with van der Waals surface area (Å²) < 4.78 is 5.47. The molecule has 0 bridgehead atoms. The highest BCUT2D eigenvalue weighted by Gasteiger charge is 2.06. The predicted molar refractivity (Wildman–Crippen MR) is 89.5 cm³/mol. The lowest BCUT2D eigenvalue weighted by molar-refractivity contribution is 0.659. The van der Waals surface area contributed by atoms with E-state index in [2.05, 4.69) is 54.6 Å². The zero-order valence-electron chi connectivity index (χ0n) is 11.2. The summed E-state index contributed by atoms with van der Waals surface area (Å²) >= 11 is 0. The molecule has 0 aliphatic rings. The molecule has 3 heteroatoms. The maximum Gasteiger partial charge on any atom is 0.146 e. The molecule has 0 radical (unpaired) electrons. The third kappa shape index (κ3) is 2.49. The Morgan fingerprint density at radius 2 is 1.47 bits per heavy atom. The summed E-state index contributed by atoms with van der Waals surface area (Å²) in [6.07, 6.45) is 1.15. The fraction of sp³-hybridized carbons (Fsp3) is 0.125. The Hall–Kier alpha value is -1.43. The lowest BCUT2D eigenvalue weighted by Crippen LogP contribution is -1.98. The Balaban J connectivity index is 2.21. The zero-order valence-corrected chi connectivity index (χ0v) is 14.6. The van der Waals surface area contributed by atoms with Gasteiger partial charge in [-0.1, -0.05) is 48.5 Å². The normalized spacial score (nSPS) is 12.0. The molecule has 0 saturated carbocycles. The summed E-state index contributed by atoms with van der Waals surface area (Å²) in [4.78, 5) is 0. The van der Waals surface area contributed by atoms with Gasteiger partial charge < -0.3 is 4.12 Å². The molecule has 0 aliphatic heterocycles. The summed E-state index contributed by atoms with van der Waals surface area (Å²) in [5.41, 5.74) is 1.50. The Morgan fingerprint density at radius 3 is 2.05 bits per heavy atom. The maximum atomic E-state index is 5.47. The monoisotopic (exact) mass is 282 g/mol. The van der Waals surface area contributed by atoms with Crippen molar-refractivity contribution in [1.29, 1.82) is 0 Å². The van der Waals surface area contributed by atoms with E-state index >= 15 is 0 Å². The van der Waals surface area contributed by atoms with Gasteiger partial charge in [-0.15, -0.1) is 0 Å². The van der Waals surface area contributed by atoms with E-state index in [4.69, 9.17) is 4.12 Å². The Kier molecular flexibility index (Phi) is 3.77. The van der Waals surface area contributed by atoms with Crippen LogP contribution in [0.25, 0.3) is 21.5 Å². The number of hydrogen-bond donors (Lipinski definition) is 0. The minimum atomic E-state index is -0.293. The van der Waals surface area contributed by atoms with Crippen LogP contribution in [0.4, 0.5) is 0 Å². The minimum Gasteiger partial charge on any atom is -0.468 e. The minimum absolute atomic E-state index is 0.293. The first-order valence-corrected chi connectivity index (χ1v) is 9.18. The molecule has 3 aromatic carbocycles. The summed E-state index contributed by atoms with van der Waals surface area (Å²) in [6.45, 7) is 0. The number of fused-ring (bicyclic) bond motifs is 2. The quantitative estimate of drug-likeness (QED) is 0.405. The molecule has 19 heavy (non-hydrogen) atoms. The van der Waals surface area contributed by atoms with Crippen molar-refractivity contribution in [3.63, 3.8) is 0 Å². The van der Waals surface area contributed by atoms with E-state index in [1.54, 1.807) is 0 Å². The molecule has 3 aromatic rings. The van der Waals surface area contributed by atoms with Crippen molar-refractivity contribution in [1.82, 2.24) is 0 Å². The van der Waals surface area contributed by atoms with Crippen LogP contribution in [0.1, 0.15) is 5.56 Å². The van der Waals surface area contributed by atoms with Crippen LogP contribution >= 0.6 is 0 Å². The largest absolute Gasteiger partial charge is 0.468 e. The van der Waals surface area contributed by atoms with Gasteiger partial charge in [0.25, 0.3) is 0 Å². The molecule has 0 saturated heterocycles. The second kappa shape index (κ2) is 5.69. The third-order valence-electron chi connectivity index (χ3n) is 3.66. The van der Waals surface area contributed by atoms with E-state index in [0.717, 1.165) is 16.9 Å². The van der Waals surface area contributed by atoms with Crippen LogP contribution < -0.4 is 0 Å². The smallest absolute Gasteiger partial charge is 0.146 e. The van der Waals surface area contributed by atoms with Crippen LogP contribution in [-0.4, -0.2) is 20.2 Å². The van der Waals surface area contributed by atoms with Crippen molar-refractivity contribution in [2.45, 2.75) is 12.5 Å². The number of aryl methyl sites for hydroxylation is 1. The van der Waals surface area contributed by atoms with Gasteiger partial charge in [-0.05, 0) is 45.6 Å². The van der Waals surface area contributed by atoms with Crippen LogP contribution in [0, 0.1) is 0 Å². The van der Waals surface area contributed by atoms with Gasteiger partial charge in [0.2, 0.25) is 0 Å². The summed E-state index contributed by atoms with van der Waals surface area (Å²) in [5, 5.41) is 5.52. The number of benzene rings is 3. The van der Waals surface area contributed by atoms with Crippen molar-refractivity contribution in [3.8, 4) is 0 Å². The molecular weight excluding hydrogens is 264 g/mol. The summed E-state index contributed by atoms with van der Waals surface area (Å²) in [7, 11) is 0.602. The first kappa shape index (κ1) is 12.6. The number of hydrogen-bond acceptors (Lipinski definition) is 1. The summed E-state index contributed by atoms with van der Waals surface area (Å²) in [6, 6.07) is 21.0. The van der Waals surface area contributed by atoms with Gasteiger partial charge in [-0.25, -0.2) is 0 Å². The van der Waals surface area contributed by atoms with Gasteiger partial charge in [0.1, 0.15) is 20.2 Å².